The van der Waals surface area contributed by atoms with Crippen LogP contribution in [0.15, 0.2) is 47.5 Å². The van der Waals surface area contributed by atoms with Gasteiger partial charge in [0.2, 0.25) is 0 Å². The summed E-state index contributed by atoms with van der Waals surface area (Å²) in [7, 11) is 0. The van der Waals surface area contributed by atoms with Gasteiger partial charge in [0, 0.05) is 28.7 Å². The van der Waals surface area contributed by atoms with E-state index in [1.807, 2.05) is 56.3 Å². The number of pyridine rings is 1. The molecule has 0 aliphatic rings. The lowest BCUT2D eigenvalue weighted by atomic mass is 10.2. The number of Topliss-reactive ketones (excluding diaryl/α,β-unsaturated/α-hetero) is 1. The Morgan fingerprint density at radius 2 is 1.93 bits per heavy atom. The van der Waals surface area contributed by atoms with E-state index < -0.39 is 0 Å². The highest BCUT2D eigenvalue weighted by atomic mass is 32.2. The first-order chi connectivity index (χ1) is 12.9. The van der Waals surface area contributed by atoms with Crippen LogP contribution in [0.1, 0.15) is 27.3 Å². The second kappa shape index (κ2) is 7.56. The number of anilines is 2. The van der Waals surface area contributed by atoms with E-state index in [-0.39, 0.29) is 28.6 Å². The van der Waals surface area contributed by atoms with Gasteiger partial charge in [-0.2, -0.15) is 5.26 Å². The number of hydrogen-bond acceptors (Lipinski definition) is 6. The second-order valence-electron chi connectivity index (χ2n) is 6.10. The minimum Gasteiger partial charge on any atom is -0.397 e. The van der Waals surface area contributed by atoms with Crippen molar-refractivity contribution in [1.29, 1.82) is 5.26 Å². The van der Waals surface area contributed by atoms with Gasteiger partial charge in [0.05, 0.1) is 11.4 Å². The fourth-order valence-electron chi connectivity index (χ4n) is 3.01. The highest BCUT2D eigenvalue weighted by Crippen LogP contribution is 2.28. The van der Waals surface area contributed by atoms with Crippen molar-refractivity contribution < 1.29 is 4.79 Å². The number of nitrogens with two attached hydrogens (primary N) is 2. The zero-order chi connectivity index (χ0) is 19.6. The summed E-state index contributed by atoms with van der Waals surface area (Å²) in [6, 6.07) is 15.2. The molecule has 3 aromatic rings. The predicted molar refractivity (Wildman–Crippen MR) is 108 cm³/mol. The molecule has 0 bridgehead atoms. The molecular formula is C20H19N5OS. The average Bonchev–Trinajstić information content (AvgIpc) is 2.94. The van der Waals surface area contributed by atoms with E-state index in [0.29, 0.717) is 10.6 Å². The van der Waals surface area contributed by atoms with Crippen LogP contribution in [0.5, 0.6) is 0 Å². The summed E-state index contributed by atoms with van der Waals surface area (Å²) in [6.07, 6.45) is 0. The maximum absolute atomic E-state index is 12.8. The van der Waals surface area contributed by atoms with Crippen molar-refractivity contribution in [2.75, 3.05) is 17.2 Å². The number of carbonyl (C=O) groups is 1. The molecule has 0 fully saturated rings. The van der Waals surface area contributed by atoms with Crippen molar-refractivity contribution in [1.82, 2.24) is 9.55 Å². The summed E-state index contributed by atoms with van der Waals surface area (Å²) in [5.74, 6) is 0.328. The molecule has 136 valence electrons. The van der Waals surface area contributed by atoms with Crippen molar-refractivity contribution >= 4 is 29.1 Å². The van der Waals surface area contributed by atoms with Gasteiger partial charge in [-0.3, -0.25) is 4.79 Å². The summed E-state index contributed by atoms with van der Waals surface area (Å²) in [5, 5.41) is 9.65. The quantitative estimate of drug-likeness (QED) is 0.520. The van der Waals surface area contributed by atoms with Crippen molar-refractivity contribution in [3.63, 3.8) is 0 Å². The SMILES string of the molecule is Cc1cc(C(=O)CSc2nc(N)cc(N)c2C#N)c(C)n1-c1ccccc1. The lowest BCUT2D eigenvalue weighted by Gasteiger charge is -2.10. The normalized spacial score (nSPS) is 10.6. The van der Waals surface area contributed by atoms with Crippen molar-refractivity contribution in [3.8, 4) is 11.8 Å². The predicted octanol–water partition coefficient (Wildman–Crippen LogP) is 3.50. The first-order valence-corrected chi connectivity index (χ1v) is 9.27. The molecule has 0 unspecified atom stereocenters. The number of carbonyl (C=O) groups excluding carboxylic acids is 1. The number of nitrogens with zero attached hydrogens (tertiary/aromatic N) is 3. The van der Waals surface area contributed by atoms with Crippen LogP contribution in [0.4, 0.5) is 11.5 Å². The lowest BCUT2D eigenvalue weighted by molar-refractivity contribution is 0.102. The Labute approximate surface area is 161 Å². The number of aromatic nitrogens is 2. The third-order valence-electron chi connectivity index (χ3n) is 4.23. The fraction of sp³-hybridized carbons (Fsp3) is 0.150. The van der Waals surface area contributed by atoms with Gasteiger partial charge in [-0.15, -0.1) is 0 Å². The number of hydrogen-bond donors (Lipinski definition) is 2. The minimum absolute atomic E-state index is 0.0398. The van der Waals surface area contributed by atoms with Crippen LogP contribution < -0.4 is 11.5 Å². The molecule has 3 rings (SSSR count). The summed E-state index contributed by atoms with van der Waals surface area (Å²) in [5.41, 5.74) is 15.6. The first-order valence-electron chi connectivity index (χ1n) is 8.28. The molecular weight excluding hydrogens is 358 g/mol. The van der Waals surface area contributed by atoms with Gasteiger partial charge in [-0.25, -0.2) is 4.98 Å². The molecule has 7 heteroatoms. The third kappa shape index (κ3) is 3.66. The molecule has 0 atom stereocenters. The Hall–Kier alpha value is -3.24. The molecule has 1 aromatic carbocycles. The number of benzene rings is 1. The van der Waals surface area contributed by atoms with Gasteiger partial charge >= 0.3 is 0 Å². The van der Waals surface area contributed by atoms with Crippen molar-refractivity contribution in [3.05, 3.63) is 65.0 Å². The van der Waals surface area contributed by atoms with Gasteiger partial charge in [-0.1, -0.05) is 30.0 Å². The molecule has 0 spiro atoms. The topological polar surface area (TPSA) is 111 Å². The Morgan fingerprint density at radius 3 is 2.59 bits per heavy atom. The van der Waals surface area contributed by atoms with Crippen LogP contribution in [0.3, 0.4) is 0 Å². The molecule has 27 heavy (non-hydrogen) atoms. The molecule has 4 N–H and O–H groups in total. The number of nitrogen functional groups attached to an aromatic ring is 2. The van der Waals surface area contributed by atoms with Gasteiger partial charge in [0.25, 0.3) is 0 Å². The molecule has 6 nitrogen and oxygen atoms in total. The van der Waals surface area contributed by atoms with Crippen LogP contribution in [0, 0.1) is 25.2 Å². The minimum atomic E-state index is -0.0398. The van der Waals surface area contributed by atoms with Crippen LogP contribution in [-0.2, 0) is 0 Å². The van der Waals surface area contributed by atoms with Gasteiger partial charge in [0.15, 0.2) is 5.78 Å². The van der Waals surface area contributed by atoms with Gasteiger partial charge in [-0.05, 0) is 32.0 Å². The lowest BCUT2D eigenvalue weighted by Crippen LogP contribution is -2.07. The van der Waals surface area contributed by atoms with Gasteiger partial charge < -0.3 is 16.0 Å². The Morgan fingerprint density at radius 1 is 1.22 bits per heavy atom. The smallest absolute Gasteiger partial charge is 0.174 e. The fourth-order valence-corrected chi connectivity index (χ4v) is 3.91. The number of para-hydroxylation sites is 1. The summed E-state index contributed by atoms with van der Waals surface area (Å²) >= 11 is 1.17. The third-order valence-corrected chi connectivity index (χ3v) is 5.21. The van der Waals surface area contributed by atoms with E-state index >= 15 is 0 Å². The number of aryl methyl sites for hydroxylation is 1. The number of ketones is 1. The standard InChI is InChI=1S/C20H19N5OS/c1-12-8-15(13(2)25(12)14-6-4-3-5-7-14)18(26)11-27-20-16(10-21)17(22)9-19(23)24-20/h3-9H,11H2,1-2H3,(H4,22,23,24). The Kier molecular flexibility index (Phi) is 5.19. The molecule has 0 saturated heterocycles. The zero-order valence-corrected chi connectivity index (χ0v) is 15.9. The highest BCUT2D eigenvalue weighted by molar-refractivity contribution is 8.00. The molecule has 2 aromatic heterocycles. The van der Waals surface area contributed by atoms with E-state index in [1.165, 1.54) is 17.8 Å². The number of nitriles is 1. The second-order valence-corrected chi connectivity index (χ2v) is 7.06. The van der Waals surface area contributed by atoms with E-state index in [9.17, 15) is 10.1 Å². The molecule has 0 aliphatic heterocycles. The monoisotopic (exact) mass is 377 g/mol. The van der Waals surface area contributed by atoms with E-state index in [0.717, 1.165) is 17.1 Å². The zero-order valence-electron chi connectivity index (χ0n) is 15.1. The number of rotatable bonds is 5. The van der Waals surface area contributed by atoms with E-state index in [4.69, 9.17) is 11.5 Å². The van der Waals surface area contributed by atoms with Crippen LogP contribution in [0.2, 0.25) is 0 Å². The van der Waals surface area contributed by atoms with Crippen LogP contribution >= 0.6 is 11.8 Å². The largest absolute Gasteiger partial charge is 0.397 e. The highest BCUT2D eigenvalue weighted by Gasteiger charge is 2.18. The van der Waals surface area contributed by atoms with E-state index in [1.54, 1.807) is 0 Å². The first kappa shape index (κ1) is 18.5. The molecule has 0 aliphatic carbocycles. The molecule has 2 heterocycles. The van der Waals surface area contributed by atoms with Gasteiger partial charge in [0.1, 0.15) is 22.5 Å². The molecule has 0 saturated carbocycles. The average molecular weight is 377 g/mol. The summed E-state index contributed by atoms with van der Waals surface area (Å²) < 4.78 is 2.05. The number of thioether (sulfide) groups is 1. The van der Waals surface area contributed by atoms with Crippen LogP contribution in [0.25, 0.3) is 5.69 Å². The molecule has 0 radical (unpaired) electrons. The van der Waals surface area contributed by atoms with Crippen molar-refractivity contribution in [2.45, 2.75) is 18.9 Å². The Bertz CT molecular complexity index is 1050. The summed E-state index contributed by atoms with van der Waals surface area (Å²) in [4.78, 5) is 16.9. The van der Waals surface area contributed by atoms with Crippen LogP contribution in [-0.4, -0.2) is 21.1 Å². The maximum atomic E-state index is 12.8. The molecule has 0 amide bonds. The van der Waals surface area contributed by atoms with E-state index in [2.05, 4.69) is 9.55 Å². The maximum Gasteiger partial charge on any atom is 0.174 e. The van der Waals surface area contributed by atoms with Crippen molar-refractivity contribution in [2.24, 2.45) is 0 Å². The summed E-state index contributed by atoms with van der Waals surface area (Å²) in [6.45, 7) is 3.90. The Balaban J connectivity index is 1.86.